The number of nitrogens with zero attached hydrogens (tertiary/aromatic N) is 3. The van der Waals surface area contributed by atoms with Crippen molar-refractivity contribution in [1.82, 2.24) is 14.7 Å². The molecule has 0 bridgehead atoms. The summed E-state index contributed by atoms with van der Waals surface area (Å²) in [6.45, 7) is 3.24. The molecule has 0 N–H and O–H groups in total. The molecule has 0 atom stereocenters. The number of piperidine rings is 1. The Morgan fingerprint density at radius 3 is 2.50 bits per heavy atom. The van der Waals surface area contributed by atoms with Gasteiger partial charge in [0.2, 0.25) is 5.91 Å². The van der Waals surface area contributed by atoms with Crippen molar-refractivity contribution in [3.05, 3.63) is 40.3 Å². The topological polar surface area (TPSA) is 81.5 Å². The number of ether oxygens (including phenoxy) is 1. The number of carbonyl (C=O) groups is 2. The van der Waals surface area contributed by atoms with Gasteiger partial charge in [-0.3, -0.25) is 14.4 Å². The summed E-state index contributed by atoms with van der Waals surface area (Å²) in [5, 5.41) is 5.56. The summed E-state index contributed by atoms with van der Waals surface area (Å²) >= 11 is 0. The first-order chi connectivity index (χ1) is 12.5. The molecule has 2 heterocycles. The molecule has 1 fully saturated rings. The highest BCUT2D eigenvalue weighted by atomic mass is 16.5. The van der Waals surface area contributed by atoms with Gasteiger partial charge in [-0.05, 0) is 25.8 Å². The first-order valence-corrected chi connectivity index (χ1v) is 8.90. The first-order valence-electron chi connectivity index (χ1n) is 8.90. The van der Waals surface area contributed by atoms with E-state index in [1.165, 1.54) is 4.68 Å². The van der Waals surface area contributed by atoms with Crippen LogP contribution < -0.4 is 5.56 Å². The average Bonchev–Trinajstić information content (AvgIpc) is 2.66. The zero-order valence-corrected chi connectivity index (χ0v) is 15.1. The lowest BCUT2D eigenvalue weighted by atomic mass is 9.96. The van der Waals surface area contributed by atoms with E-state index >= 15 is 0 Å². The monoisotopic (exact) mass is 357 g/mol. The number of fused-ring (bicyclic) bond motifs is 1. The standard InChI is InChI=1S/C19H23N3O4/c1-3-26-19(25)13-8-10-22(11-9-13)17(23)12-16-14-6-4-5-7-15(14)18(24)21(2)20-16/h4-7,13H,3,8-12H2,1-2H3. The highest BCUT2D eigenvalue weighted by molar-refractivity contribution is 5.88. The van der Waals surface area contributed by atoms with Crippen molar-refractivity contribution in [1.29, 1.82) is 0 Å². The second kappa shape index (κ2) is 7.68. The fourth-order valence-electron chi connectivity index (χ4n) is 3.39. The van der Waals surface area contributed by atoms with Crippen LogP contribution in [-0.4, -0.2) is 46.3 Å². The Balaban J connectivity index is 1.72. The SMILES string of the molecule is CCOC(=O)C1CCN(C(=O)Cc2nn(C)c(=O)c3ccccc23)CC1. The largest absolute Gasteiger partial charge is 0.466 e. The minimum atomic E-state index is -0.176. The van der Waals surface area contributed by atoms with Crippen molar-refractivity contribution in [3.63, 3.8) is 0 Å². The Kier molecular flexibility index (Phi) is 5.35. The van der Waals surface area contributed by atoms with Gasteiger partial charge < -0.3 is 9.64 Å². The molecule has 0 saturated carbocycles. The fourth-order valence-corrected chi connectivity index (χ4v) is 3.39. The average molecular weight is 357 g/mol. The summed E-state index contributed by atoms with van der Waals surface area (Å²) in [6, 6.07) is 7.20. The smallest absolute Gasteiger partial charge is 0.309 e. The Hall–Kier alpha value is -2.70. The van der Waals surface area contributed by atoms with Crippen LogP contribution in [0.4, 0.5) is 0 Å². The molecule has 0 unspecified atom stereocenters. The van der Waals surface area contributed by atoms with Gasteiger partial charge in [-0.1, -0.05) is 18.2 Å². The van der Waals surface area contributed by atoms with E-state index in [2.05, 4.69) is 5.10 Å². The Morgan fingerprint density at radius 1 is 1.19 bits per heavy atom. The second-order valence-electron chi connectivity index (χ2n) is 6.50. The summed E-state index contributed by atoms with van der Waals surface area (Å²) in [5.74, 6) is -0.343. The van der Waals surface area contributed by atoms with Crippen LogP contribution in [-0.2, 0) is 27.8 Å². The van der Waals surface area contributed by atoms with Gasteiger partial charge >= 0.3 is 5.97 Å². The van der Waals surface area contributed by atoms with Gasteiger partial charge in [0, 0.05) is 25.5 Å². The van der Waals surface area contributed by atoms with Crippen molar-refractivity contribution < 1.29 is 14.3 Å². The number of esters is 1. The lowest BCUT2D eigenvalue weighted by molar-refractivity contribution is -0.151. The summed E-state index contributed by atoms with van der Waals surface area (Å²) in [5.41, 5.74) is 0.423. The maximum absolute atomic E-state index is 12.7. The van der Waals surface area contributed by atoms with Crippen molar-refractivity contribution in [2.24, 2.45) is 13.0 Å². The number of hydrogen-bond acceptors (Lipinski definition) is 5. The van der Waals surface area contributed by atoms with Gasteiger partial charge in [0.1, 0.15) is 0 Å². The zero-order chi connectivity index (χ0) is 18.7. The lowest BCUT2D eigenvalue weighted by Crippen LogP contribution is -2.41. The highest BCUT2D eigenvalue weighted by Crippen LogP contribution is 2.20. The van der Waals surface area contributed by atoms with E-state index < -0.39 is 0 Å². The molecule has 0 aliphatic carbocycles. The highest BCUT2D eigenvalue weighted by Gasteiger charge is 2.28. The van der Waals surface area contributed by atoms with Crippen molar-refractivity contribution >= 4 is 22.6 Å². The molecular weight excluding hydrogens is 334 g/mol. The maximum Gasteiger partial charge on any atom is 0.309 e. The van der Waals surface area contributed by atoms with Gasteiger partial charge in [-0.25, -0.2) is 4.68 Å². The molecule has 1 saturated heterocycles. The van der Waals surface area contributed by atoms with E-state index in [0.29, 0.717) is 49.0 Å². The minimum Gasteiger partial charge on any atom is -0.466 e. The van der Waals surface area contributed by atoms with Crippen LogP contribution in [0.3, 0.4) is 0 Å². The normalized spacial score (nSPS) is 15.2. The number of likely N-dealkylation sites (tertiary alicyclic amines) is 1. The Morgan fingerprint density at radius 2 is 1.85 bits per heavy atom. The quantitative estimate of drug-likeness (QED) is 0.770. The molecular formula is C19H23N3O4. The number of amides is 1. The van der Waals surface area contributed by atoms with Crippen LogP contribution in [0.25, 0.3) is 10.8 Å². The molecule has 26 heavy (non-hydrogen) atoms. The predicted molar refractivity (Wildman–Crippen MR) is 96.6 cm³/mol. The molecule has 1 aromatic heterocycles. The van der Waals surface area contributed by atoms with Gasteiger partial charge in [0.05, 0.1) is 30.0 Å². The van der Waals surface area contributed by atoms with E-state index in [-0.39, 0.29) is 29.8 Å². The molecule has 3 rings (SSSR count). The molecule has 7 heteroatoms. The zero-order valence-electron chi connectivity index (χ0n) is 15.1. The van der Waals surface area contributed by atoms with Crippen molar-refractivity contribution in [3.8, 4) is 0 Å². The fraction of sp³-hybridized carbons (Fsp3) is 0.474. The number of carbonyl (C=O) groups excluding carboxylic acids is 2. The maximum atomic E-state index is 12.7. The van der Waals surface area contributed by atoms with Gasteiger partial charge in [0.25, 0.3) is 5.56 Å². The molecule has 2 aromatic rings. The van der Waals surface area contributed by atoms with Crippen LogP contribution in [0.5, 0.6) is 0 Å². The summed E-state index contributed by atoms with van der Waals surface area (Å²) in [7, 11) is 1.59. The molecule has 138 valence electrons. The molecule has 0 spiro atoms. The van der Waals surface area contributed by atoms with Crippen LogP contribution in [0.2, 0.25) is 0 Å². The van der Waals surface area contributed by atoms with Crippen molar-refractivity contribution in [2.75, 3.05) is 19.7 Å². The van der Waals surface area contributed by atoms with Crippen LogP contribution >= 0.6 is 0 Å². The third kappa shape index (κ3) is 3.61. The Bertz CT molecular complexity index is 882. The van der Waals surface area contributed by atoms with Gasteiger partial charge in [0.15, 0.2) is 0 Å². The summed E-state index contributed by atoms with van der Waals surface area (Å²) in [4.78, 5) is 38.4. The Labute approximate surface area is 151 Å². The third-order valence-corrected chi connectivity index (χ3v) is 4.82. The third-order valence-electron chi connectivity index (χ3n) is 4.82. The number of benzene rings is 1. The number of rotatable bonds is 4. The molecule has 1 aromatic carbocycles. The van der Waals surface area contributed by atoms with E-state index in [1.807, 2.05) is 12.1 Å². The van der Waals surface area contributed by atoms with Crippen LogP contribution in [0, 0.1) is 5.92 Å². The van der Waals surface area contributed by atoms with Gasteiger partial charge in [-0.15, -0.1) is 0 Å². The molecule has 1 amide bonds. The van der Waals surface area contributed by atoms with Crippen LogP contribution in [0.1, 0.15) is 25.5 Å². The van der Waals surface area contributed by atoms with E-state index in [9.17, 15) is 14.4 Å². The lowest BCUT2D eigenvalue weighted by Gasteiger charge is -2.31. The van der Waals surface area contributed by atoms with E-state index in [0.717, 1.165) is 0 Å². The minimum absolute atomic E-state index is 0.0383. The van der Waals surface area contributed by atoms with E-state index in [1.54, 1.807) is 31.0 Å². The second-order valence-corrected chi connectivity index (χ2v) is 6.50. The first kappa shape index (κ1) is 18.1. The van der Waals surface area contributed by atoms with Crippen molar-refractivity contribution in [2.45, 2.75) is 26.2 Å². The molecule has 1 aliphatic rings. The van der Waals surface area contributed by atoms with Crippen LogP contribution in [0.15, 0.2) is 29.1 Å². The summed E-state index contributed by atoms with van der Waals surface area (Å²) in [6.07, 6.45) is 1.37. The number of aryl methyl sites for hydroxylation is 1. The number of aromatic nitrogens is 2. The predicted octanol–water partition coefficient (Wildman–Crippen LogP) is 1.28. The van der Waals surface area contributed by atoms with E-state index in [4.69, 9.17) is 4.74 Å². The van der Waals surface area contributed by atoms with Gasteiger partial charge in [-0.2, -0.15) is 5.10 Å². The number of hydrogen-bond donors (Lipinski definition) is 0. The molecule has 0 radical (unpaired) electrons. The molecule has 1 aliphatic heterocycles. The summed E-state index contributed by atoms with van der Waals surface area (Å²) < 4.78 is 6.34. The molecule has 7 nitrogen and oxygen atoms in total.